The highest BCUT2D eigenvalue weighted by Crippen LogP contribution is 2.20. The van der Waals surface area contributed by atoms with E-state index in [1.54, 1.807) is 0 Å². The van der Waals surface area contributed by atoms with Crippen molar-refractivity contribution in [3.05, 3.63) is 83.4 Å². The van der Waals surface area contributed by atoms with Crippen molar-refractivity contribution in [3.63, 3.8) is 0 Å². The lowest BCUT2D eigenvalue weighted by molar-refractivity contribution is -0.128. The summed E-state index contributed by atoms with van der Waals surface area (Å²) >= 11 is 0. The van der Waals surface area contributed by atoms with Gasteiger partial charge in [-0.3, -0.25) is 4.79 Å². The topological polar surface area (TPSA) is 56.7 Å². The molecule has 4 rings (SSSR count). The molecule has 32 heavy (non-hydrogen) atoms. The van der Waals surface area contributed by atoms with Gasteiger partial charge in [0.05, 0.1) is 12.6 Å². The average Bonchev–Trinajstić information content (AvgIpc) is 3.21. The van der Waals surface area contributed by atoms with Crippen molar-refractivity contribution in [1.82, 2.24) is 15.5 Å². The number of aliphatic imine (C=N–C) groups is 1. The highest BCUT2D eigenvalue weighted by Gasteiger charge is 2.19. The summed E-state index contributed by atoms with van der Waals surface area (Å²) in [5.74, 6) is 1.06. The van der Waals surface area contributed by atoms with Gasteiger partial charge in [0.15, 0.2) is 5.96 Å². The van der Waals surface area contributed by atoms with Crippen LogP contribution in [0.5, 0.6) is 0 Å². The van der Waals surface area contributed by atoms with Gasteiger partial charge in [0.2, 0.25) is 5.91 Å². The Morgan fingerprint density at radius 3 is 2.62 bits per heavy atom. The molecule has 0 saturated carbocycles. The summed E-state index contributed by atoms with van der Waals surface area (Å²) in [7, 11) is 0. The molecule has 1 saturated heterocycles. The Hall–Kier alpha value is -3.34. The number of hydrogen-bond acceptors (Lipinski definition) is 2. The predicted molar refractivity (Wildman–Crippen MR) is 131 cm³/mol. The number of guanidine groups is 1. The molecule has 0 spiro atoms. The Morgan fingerprint density at radius 2 is 1.84 bits per heavy atom. The SMILES string of the molecule is CCNC(=NCc1cccc(CN2CCCC2=O)c1)NC(C)c1ccc2ccccc2c1. The fraction of sp³-hybridized carbons (Fsp3) is 0.333. The van der Waals surface area contributed by atoms with E-state index in [1.807, 2.05) is 4.90 Å². The molecule has 1 heterocycles. The third kappa shape index (κ3) is 5.47. The monoisotopic (exact) mass is 428 g/mol. The summed E-state index contributed by atoms with van der Waals surface area (Å²) < 4.78 is 0. The third-order valence-corrected chi connectivity index (χ3v) is 5.93. The van der Waals surface area contributed by atoms with E-state index in [1.165, 1.54) is 16.3 Å². The van der Waals surface area contributed by atoms with E-state index in [2.05, 4.69) is 91.2 Å². The average molecular weight is 429 g/mol. The molecule has 0 aliphatic carbocycles. The first-order valence-electron chi connectivity index (χ1n) is 11.5. The first-order valence-corrected chi connectivity index (χ1v) is 11.5. The molecule has 1 atom stereocenters. The largest absolute Gasteiger partial charge is 0.357 e. The molecule has 1 fully saturated rings. The van der Waals surface area contributed by atoms with Gasteiger partial charge in [-0.1, -0.05) is 60.7 Å². The summed E-state index contributed by atoms with van der Waals surface area (Å²) in [6.07, 6.45) is 1.65. The lowest BCUT2D eigenvalue weighted by Gasteiger charge is -2.19. The number of rotatable bonds is 7. The van der Waals surface area contributed by atoms with Crippen LogP contribution in [0.1, 0.15) is 49.4 Å². The van der Waals surface area contributed by atoms with Gasteiger partial charge < -0.3 is 15.5 Å². The van der Waals surface area contributed by atoms with Crippen molar-refractivity contribution in [3.8, 4) is 0 Å². The number of benzene rings is 3. The fourth-order valence-corrected chi connectivity index (χ4v) is 4.17. The van der Waals surface area contributed by atoms with Gasteiger partial charge in [0, 0.05) is 26.1 Å². The summed E-state index contributed by atoms with van der Waals surface area (Å²) in [6, 6.07) is 23.5. The Kier molecular flexibility index (Phi) is 7.05. The van der Waals surface area contributed by atoms with Crippen molar-refractivity contribution in [2.45, 2.75) is 45.8 Å². The van der Waals surface area contributed by atoms with Gasteiger partial charge in [0.25, 0.3) is 0 Å². The molecule has 1 aliphatic heterocycles. The van der Waals surface area contributed by atoms with Crippen LogP contribution < -0.4 is 10.6 Å². The van der Waals surface area contributed by atoms with Crippen molar-refractivity contribution in [2.75, 3.05) is 13.1 Å². The minimum absolute atomic E-state index is 0.130. The van der Waals surface area contributed by atoms with E-state index in [-0.39, 0.29) is 11.9 Å². The molecular formula is C27H32N4O. The summed E-state index contributed by atoms with van der Waals surface area (Å²) in [6.45, 7) is 7.17. The standard InChI is InChI=1S/C27H32N4O/c1-3-28-27(30-20(2)24-14-13-23-10-4-5-11-25(23)17-24)29-18-21-8-6-9-22(16-21)19-31-15-7-12-26(31)32/h4-6,8-11,13-14,16-17,20H,3,7,12,15,18-19H2,1-2H3,(H2,28,29,30). The minimum atomic E-state index is 0.130. The molecule has 5 nitrogen and oxygen atoms in total. The molecule has 1 unspecified atom stereocenters. The van der Waals surface area contributed by atoms with Crippen LogP contribution >= 0.6 is 0 Å². The van der Waals surface area contributed by atoms with Crippen LogP contribution in [0.2, 0.25) is 0 Å². The normalized spacial score (nSPS) is 15.2. The van der Waals surface area contributed by atoms with Crippen LogP contribution in [0.4, 0.5) is 0 Å². The summed E-state index contributed by atoms with van der Waals surface area (Å²) in [5, 5.41) is 9.38. The fourth-order valence-electron chi connectivity index (χ4n) is 4.17. The number of fused-ring (bicyclic) bond motifs is 1. The summed E-state index contributed by atoms with van der Waals surface area (Å²) in [4.78, 5) is 18.7. The maximum Gasteiger partial charge on any atom is 0.222 e. The van der Waals surface area contributed by atoms with Gasteiger partial charge in [-0.2, -0.15) is 0 Å². The van der Waals surface area contributed by atoms with E-state index in [0.717, 1.165) is 36.6 Å². The molecular weight excluding hydrogens is 396 g/mol. The molecule has 5 heteroatoms. The van der Waals surface area contributed by atoms with Crippen LogP contribution in [-0.4, -0.2) is 29.9 Å². The summed E-state index contributed by atoms with van der Waals surface area (Å²) in [5.41, 5.74) is 3.53. The van der Waals surface area contributed by atoms with Gasteiger partial charge in [-0.15, -0.1) is 0 Å². The molecule has 1 amide bonds. The first kappa shape index (κ1) is 21.9. The zero-order valence-electron chi connectivity index (χ0n) is 19.0. The maximum atomic E-state index is 11.9. The molecule has 0 aromatic heterocycles. The van der Waals surface area contributed by atoms with Crippen LogP contribution in [0.3, 0.4) is 0 Å². The molecule has 3 aromatic carbocycles. The number of amides is 1. The van der Waals surface area contributed by atoms with Crippen molar-refractivity contribution in [1.29, 1.82) is 0 Å². The predicted octanol–water partition coefficient (Wildman–Crippen LogP) is 4.78. The van der Waals surface area contributed by atoms with E-state index < -0.39 is 0 Å². The van der Waals surface area contributed by atoms with E-state index >= 15 is 0 Å². The van der Waals surface area contributed by atoms with Gasteiger partial charge in [-0.25, -0.2) is 4.99 Å². The first-order chi connectivity index (χ1) is 15.6. The number of likely N-dealkylation sites (tertiary alicyclic amines) is 1. The second kappa shape index (κ2) is 10.3. The smallest absolute Gasteiger partial charge is 0.222 e. The molecule has 3 aromatic rings. The molecule has 166 valence electrons. The number of carbonyl (C=O) groups excluding carboxylic acids is 1. The van der Waals surface area contributed by atoms with Crippen molar-refractivity contribution >= 4 is 22.6 Å². The number of nitrogens with zero attached hydrogens (tertiary/aromatic N) is 2. The van der Waals surface area contributed by atoms with Crippen LogP contribution in [0, 0.1) is 0 Å². The van der Waals surface area contributed by atoms with Crippen molar-refractivity contribution in [2.24, 2.45) is 4.99 Å². The van der Waals surface area contributed by atoms with Crippen molar-refractivity contribution < 1.29 is 4.79 Å². The third-order valence-electron chi connectivity index (χ3n) is 5.93. The van der Waals surface area contributed by atoms with Gasteiger partial charge in [-0.05, 0) is 53.8 Å². The van der Waals surface area contributed by atoms with Crippen LogP contribution in [0.15, 0.2) is 71.7 Å². The van der Waals surface area contributed by atoms with Crippen LogP contribution in [-0.2, 0) is 17.9 Å². The highest BCUT2D eigenvalue weighted by atomic mass is 16.2. The highest BCUT2D eigenvalue weighted by molar-refractivity contribution is 5.84. The minimum Gasteiger partial charge on any atom is -0.357 e. The molecule has 1 aliphatic rings. The van der Waals surface area contributed by atoms with Gasteiger partial charge >= 0.3 is 0 Å². The van der Waals surface area contributed by atoms with E-state index in [9.17, 15) is 4.79 Å². The second-order valence-corrected chi connectivity index (χ2v) is 8.41. The molecule has 0 radical (unpaired) electrons. The Balaban J connectivity index is 1.43. The molecule has 0 bridgehead atoms. The second-order valence-electron chi connectivity index (χ2n) is 8.41. The molecule has 2 N–H and O–H groups in total. The number of carbonyl (C=O) groups is 1. The number of nitrogens with one attached hydrogen (secondary N) is 2. The Morgan fingerprint density at radius 1 is 1.03 bits per heavy atom. The Labute approximate surface area is 190 Å². The quantitative estimate of drug-likeness (QED) is 0.421. The van der Waals surface area contributed by atoms with Crippen LogP contribution in [0.25, 0.3) is 10.8 Å². The lowest BCUT2D eigenvalue weighted by atomic mass is 10.0. The van der Waals surface area contributed by atoms with Gasteiger partial charge in [0.1, 0.15) is 0 Å². The maximum absolute atomic E-state index is 11.9. The lowest BCUT2D eigenvalue weighted by Crippen LogP contribution is -2.38. The zero-order chi connectivity index (χ0) is 22.3. The zero-order valence-corrected chi connectivity index (χ0v) is 19.0. The van der Waals surface area contributed by atoms with E-state index in [0.29, 0.717) is 19.5 Å². The van der Waals surface area contributed by atoms with E-state index in [4.69, 9.17) is 4.99 Å². The Bertz CT molecular complexity index is 1110. The number of hydrogen-bond donors (Lipinski definition) is 2.